The molecule has 0 aliphatic carbocycles. The molecule has 1 aromatic heterocycles. The van der Waals surface area contributed by atoms with Crippen LogP contribution in [0, 0.1) is 0 Å². The highest BCUT2D eigenvalue weighted by atomic mass is 79.9. The van der Waals surface area contributed by atoms with Crippen LogP contribution in [0.5, 0.6) is 0 Å². The first-order chi connectivity index (χ1) is 7.81. The van der Waals surface area contributed by atoms with Crippen LogP contribution >= 0.6 is 43.2 Å². The van der Waals surface area contributed by atoms with E-state index in [1.807, 2.05) is 17.8 Å². The predicted molar refractivity (Wildman–Crippen MR) is 76.5 cm³/mol. The Bertz CT molecular complexity index is 442. The van der Waals surface area contributed by atoms with Crippen LogP contribution in [0.25, 0.3) is 0 Å². The second kappa shape index (κ2) is 5.94. The average molecular weight is 361 g/mol. The third-order valence-corrected chi connectivity index (χ3v) is 4.77. The first-order valence-electron chi connectivity index (χ1n) is 4.99. The normalized spacial score (nSPS) is 12.6. The molecule has 0 saturated heterocycles. The van der Waals surface area contributed by atoms with Crippen molar-refractivity contribution in [2.75, 3.05) is 5.33 Å². The fraction of sp³-hybridized carbons (Fsp3) is 0.250. The molecule has 1 unspecified atom stereocenters. The summed E-state index contributed by atoms with van der Waals surface area (Å²) in [7, 11) is 0. The van der Waals surface area contributed by atoms with Gasteiger partial charge in [-0.3, -0.25) is 4.98 Å². The van der Waals surface area contributed by atoms with Gasteiger partial charge >= 0.3 is 0 Å². The van der Waals surface area contributed by atoms with Crippen molar-refractivity contribution in [3.63, 3.8) is 0 Å². The molecule has 1 nitrogen and oxygen atoms in total. The number of benzene rings is 1. The Kier molecular flexibility index (Phi) is 4.55. The number of nitrogens with zero attached hydrogens (tertiary/aromatic N) is 1. The van der Waals surface area contributed by atoms with Crippen LogP contribution in [-0.4, -0.2) is 10.3 Å². The van der Waals surface area contributed by atoms with Gasteiger partial charge in [0.2, 0.25) is 0 Å². The number of halogens is 2. The molecule has 0 fully saturated rings. The molecule has 1 aromatic carbocycles. The molecule has 84 valence electrons. The van der Waals surface area contributed by atoms with Crippen molar-refractivity contribution in [2.24, 2.45) is 0 Å². The molecule has 2 aromatic rings. The van der Waals surface area contributed by atoms with E-state index in [1.165, 1.54) is 14.9 Å². The van der Waals surface area contributed by atoms with Crippen molar-refractivity contribution < 1.29 is 0 Å². The van der Waals surface area contributed by atoms with E-state index in [0.717, 1.165) is 11.8 Å². The molecule has 0 aliphatic rings. The molecule has 0 bridgehead atoms. The average Bonchev–Trinajstić information content (AvgIpc) is 2.80. The lowest BCUT2D eigenvalue weighted by Crippen LogP contribution is -2.04. The molecule has 1 atom stereocenters. The molecule has 0 aliphatic heterocycles. The summed E-state index contributed by atoms with van der Waals surface area (Å²) in [6, 6.07) is 8.41. The van der Waals surface area contributed by atoms with Crippen molar-refractivity contribution in [3.8, 4) is 0 Å². The Labute approximate surface area is 116 Å². The highest BCUT2D eigenvalue weighted by molar-refractivity contribution is 9.10. The van der Waals surface area contributed by atoms with Crippen molar-refractivity contribution in [2.45, 2.75) is 12.3 Å². The fourth-order valence-electron chi connectivity index (χ4n) is 1.64. The van der Waals surface area contributed by atoms with E-state index < -0.39 is 0 Å². The third kappa shape index (κ3) is 2.93. The Balaban J connectivity index is 2.20. The van der Waals surface area contributed by atoms with E-state index in [4.69, 9.17) is 0 Å². The maximum Gasteiger partial charge on any atom is 0.0794 e. The quantitative estimate of drug-likeness (QED) is 0.724. The van der Waals surface area contributed by atoms with Gasteiger partial charge in [0, 0.05) is 20.9 Å². The number of hydrogen-bond donors (Lipinski definition) is 0. The molecule has 0 radical (unpaired) electrons. The van der Waals surface area contributed by atoms with E-state index in [-0.39, 0.29) is 0 Å². The molecule has 0 spiro atoms. The Morgan fingerprint density at radius 2 is 2.12 bits per heavy atom. The maximum absolute atomic E-state index is 4.12. The molecular weight excluding hydrogens is 350 g/mol. The number of alkyl halides is 1. The number of thiazole rings is 1. The molecule has 1 heterocycles. The van der Waals surface area contributed by atoms with Crippen molar-refractivity contribution in [3.05, 3.63) is 50.9 Å². The first kappa shape index (κ1) is 12.3. The van der Waals surface area contributed by atoms with Crippen molar-refractivity contribution in [1.82, 2.24) is 4.98 Å². The summed E-state index contributed by atoms with van der Waals surface area (Å²) >= 11 is 8.92. The number of aromatic nitrogens is 1. The second-order valence-electron chi connectivity index (χ2n) is 3.54. The van der Waals surface area contributed by atoms with Gasteiger partial charge in [-0.15, -0.1) is 11.3 Å². The van der Waals surface area contributed by atoms with Crippen LogP contribution in [0.4, 0.5) is 0 Å². The Hall–Kier alpha value is -0.190. The number of hydrogen-bond acceptors (Lipinski definition) is 2. The summed E-state index contributed by atoms with van der Waals surface area (Å²) in [6.45, 7) is 0. The van der Waals surface area contributed by atoms with Gasteiger partial charge < -0.3 is 0 Å². The van der Waals surface area contributed by atoms with Crippen molar-refractivity contribution in [1.29, 1.82) is 0 Å². The fourth-order valence-corrected chi connectivity index (χ4v) is 3.50. The van der Waals surface area contributed by atoms with Crippen LogP contribution in [0.15, 0.2) is 40.4 Å². The van der Waals surface area contributed by atoms with Gasteiger partial charge in [0.25, 0.3) is 0 Å². The number of rotatable bonds is 4. The van der Waals surface area contributed by atoms with E-state index in [9.17, 15) is 0 Å². The molecule has 16 heavy (non-hydrogen) atoms. The summed E-state index contributed by atoms with van der Waals surface area (Å²) in [5.74, 6) is 0.496. The second-order valence-corrected chi connectivity index (χ2v) is 6.02. The standard InChI is InChI=1S/C12H11Br2NS/c13-6-9(5-10-7-15-8-16-10)11-3-1-2-4-12(11)14/h1-4,7-9H,5-6H2. The van der Waals surface area contributed by atoms with Crippen LogP contribution in [-0.2, 0) is 6.42 Å². The van der Waals surface area contributed by atoms with Crippen molar-refractivity contribution >= 4 is 43.2 Å². The van der Waals surface area contributed by atoms with Gasteiger partial charge in [-0.25, -0.2) is 0 Å². The summed E-state index contributed by atoms with van der Waals surface area (Å²) in [5, 5.41) is 0.966. The van der Waals surface area contributed by atoms with E-state index in [0.29, 0.717) is 5.92 Å². The Morgan fingerprint density at radius 3 is 2.75 bits per heavy atom. The molecule has 2 rings (SSSR count). The topological polar surface area (TPSA) is 12.9 Å². The zero-order valence-corrected chi connectivity index (χ0v) is 12.6. The third-order valence-electron chi connectivity index (χ3n) is 2.46. The highest BCUT2D eigenvalue weighted by Gasteiger charge is 2.14. The van der Waals surface area contributed by atoms with Crippen LogP contribution in [0.3, 0.4) is 0 Å². The van der Waals surface area contributed by atoms with Gasteiger partial charge in [-0.2, -0.15) is 0 Å². The van der Waals surface area contributed by atoms with Gasteiger partial charge in [-0.1, -0.05) is 50.1 Å². The zero-order valence-electron chi connectivity index (χ0n) is 8.57. The molecule has 4 heteroatoms. The first-order valence-corrected chi connectivity index (χ1v) is 7.78. The van der Waals surface area contributed by atoms with E-state index in [2.05, 4.69) is 55.0 Å². The van der Waals surface area contributed by atoms with E-state index >= 15 is 0 Å². The summed E-state index contributed by atoms with van der Waals surface area (Å²) < 4.78 is 1.18. The monoisotopic (exact) mass is 359 g/mol. The zero-order chi connectivity index (χ0) is 11.4. The molecule has 0 N–H and O–H groups in total. The maximum atomic E-state index is 4.12. The largest absolute Gasteiger partial charge is 0.253 e. The van der Waals surface area contributed by atoms with Crippen LogP contribution in [0.1, 0.15) is 16.4 Å². The lowest BCUT2D eigenvalue weighted by molar-refractivity contribution is 0.780. The SMILES string of the molecule is BrCC(Cc1cncs1)c1ccccc1Br. The summed E-state index contributed by atoms with van der Waals surface area (Å²) in [4.78, 5) is 5.45. The molecule has 0 amide bonds. The highest BCUT2D eigenvalue weighted by Crippen LogP contribution is 2.29. The molecule has 0 saturated carbocycles. The minimum atomic E-state index is 0.496. The van der Waals surface area contributed by atoms with Gasteiger partial charge in [-0.05, 0) is 24.0 Å². The smallest absolute Gasteiger partial charge is 0.0794 e. The Morgan fingerprint density at radius 1 is 1.31 bits per heavy atom. The lowest BCUT2D eigenvalue weighted by atomic mass is 9.97. The van der Waals surface area contributed by atoms with Crippen LogP contribution in [0.2, 0.25) is 0 Å². The molecular formula is C12H11Br2NS. The minimum absolute atomic E-state index is 0.496. The predicted octanol–water partition coefficient (Wildman–Crippen LogP) is 4.63. The van der Waals surface area contributed by atoms with Gasteiger partial charge in [0.1, 0.15) is 0 Å². The minimum Gasteiger partial charge on any atom is -0.253 e. The summed E-state index contributed by atoms with van der Waals surface area (Å²) in [6.07, 6.45) is 3.00. The van der Waals surface area contributed by atoms with Gasteiger partial charge in [0.15, 0.2) is 0 Å². The van der Waals surface area contributed by atoms with Crippen LogP contribution < -0.4 is 0 Å². The van der Waals surface area contributed by atoms with Gasteiger partial charge in [0.05, 0.1) is 5.51 Å². The van der Waals surface area contributed by atoms with E-state index in [1.54, 1.807) is 11.3 Å². The summed E-state index contributed by atoms with van der Waals surface area (Å²) in [5.41, 5.74) is 3.24. The lowest BCUT2D eigenvalue weighted by Gasteiger charge is -2.14.